The molecule has 1 fully saturated rings. The molecule has 1 saturated heterocycles. The highest BCUT2D eigenvalue weighted by atomic mass is 16.2. The Morgan fingerprint density at radius 3 is 2.49 bits per heavy atom. The lowest BCUT2D eigenvalue weighted by atomic mass is 9.87. The first-order chi connectivity index (χ1) is 19.1. The van der Waals surface area contributed by atoms with Crippen molar-refractivity contribution in [1.29, 1.82) is 0 Å². The average Bonchev–Trinajstić information content (AvgIpc) is 3.44. The van der Waals surface area contributed by atoms with Gasteiger partial charge in [0.05, 0.1) is 11.8 Å². The maximum Gasteiger partial charge on any atom is 0.228 e. The molecule has 2 amide bonds. The van der Waals surface area contributed by atoms with E-state index in [2.05, 4.69) is 56.9 Å². The van der Waals surface area contributed by atoms with Crippen molar-refractivity contribution in [2.24, 2.45) is 11.8 Å². The smallest absolute Gasteiger partial charge is 0.228 e. The van der Waals surface area contributed by atoms with Crippen LogP contribution in [0.5, 0.6) is 0 Å². The van der Waals surface area contributed by atoms with Crippen LogP contribution in [-0.4, -0.2) is 34.8 Å². The second-order valence-electron chi connectivity index (χ2n) is 10.9. The minimum atomic E-state index is -0.276. The number of hydrogen-bond donors (Lipinski definition) is 2. The number of nitrogens with zero attached hydrogens (tertiary/aromatic N) is 2. The lowest BCUT2D eigenvalue weighted by Crippen LogP contribution is -2.48. The fraction of sp³-hybridized carbons (Fsp3) is 0.303. The minimum absolute atomic E-state index is 0.00214. The molecule has 0 saturated carbocycles. The number of amides is 2. The standard InChI is InChI=1S/C33H34N4O2/c38-32(35-19-27-9-4-7-25-5-1-2-10-31(25)27)28-17-29(22-37(21-28)20-23-13-15-34-16-14-23)33(39)36-30-12-11-24-6-3-8-26(24)18-30/h1-2,4-5,7,9-16,18,28-29H,3,6,8,17,19-22H2,(H,35,38)(H,36,39)/t28-,29+/m0/s1. The molecule has 2 aliphatic rings. The van der Waals surface area contributed by atoms with Crippen molar-refractivity contribution in [3.8, 4) is 0 Å². The van der Waals surface area contributed by atoms with E-state index in [1.165, 1.54) is 17.5 Å². The highest BCUT2D eigenvalue weighted by Crippen LogP contribution is 2.28. The molecule has 1 aromatic heterocycles. The zero-order valence-electron chi connectivity index (χ0n) is 22.1. The van der Waals surface area contributed by atoms with Gasteiger partial charge in [0, 0.05) is 44.3 Å². The summed E-state index contributed by atoms with van der Waals surface area (Å²) < 4.78 is 0. The van der Waals surface area contributed by atoms with Crippen molar-refractivity contribution in [3.05, 3.63) is 107 Å². The SMILES string of the molecule is O=C(NCc1cccc2ccccc12)[C@H]1C[C@@H](C(=O)Nc2ccc3c(c2)CCC3)CN(Cc2ccncc2)C1. The molecule has 2 heterocycles. The lowest BCUT2D eigenvalue weighted by Gasteiger charge is -2.36. The van der Waals surface area contributed by atoms with Gasteiger partial charge in [0.15, 0.2) is 0 Å². The van der Waals surface area contributed by atoms with Crippen molar-refractivity contribution < 1.29 is 9.59 Å². The van der Waals surface area contributed by atoms with Gasteiger partial charge in [0.1, 0.15) is 0 Å². The number of hydrogen-bond acceptors (Lipinski definition) is 4. The van der Waals surface area contributed by atoms with Gasteiger partial charge in [-0.1, -0.05) is 48.5 Å². The number of rotatable bonds is 7. The van der Waals surface area contributed by atoms with Gasteiger partial charge in [-0.3, -0.25) is 19.5 Å². The van der Waals surface area contributed by atoms with Crippen LogP contribution in [0, 0.1) is 11.8 Å². The van der Waals surface area contributed by atoms with E-state index < -0.39 is 0 Å². The lowest BCUT2D eigenvalue weighted by molar-refractivity contribution is -0.130. The Bertz CT molecular complexity index is 1480. The Hall–Kier alpha value is -4.03. The fourth-order valence-electron chi connectivity index (χ4n) is 6.11. The van der Waals surface area contributed by atoms with Crippen LogP contribution < -0.4 is 10.6 Å². The van der Waals surface area contributed by atoms with Gasteiger partial charge in [0.2, 0.25) is 11.8 Å². The largest absolute Gasteiger partial charge is 0.352 e. The molecule has 2 atom stereocenters. The van der Waals surface area contributed by atoms with Gasteiger partial charge in [-0.2, -0.15) is 0 Å². The van der Waals surface area contributed by atoms with Crippen molar-refractivity contribution in [2.45, 2.75) is 38.8 Å². The number of pyridine rings is 1. The Morgan fingerprint density at radius 2 is 1.62 bits per heavy atom. The van der Waals surface area contributed by atoms with Crippen molar-refractivity contribution >= 4 is 28.3 Å². The number of anilines is 1. The molecule has 1 aliphatic heterocycles. The molecule has 3 aromatic carbocycles. The predicted octanol–water partition coefficient (Wildman–Crippen LogP) is 5.12. The molecule has 0 spiro atoms. The number of piperidine rings is 1. The van der Waals surface area contributed by atoms with E-state index in [-0.39, 0.29) is 23.7 Å². The Morgan fingerprint density at radius 1 is 0.846 bits per heavy atom. The molecule has 0 radical (unpaired) electrons. The number of aryl methyl sites for hydroxylation is 2. The molecule has 0 bridgehead atoms. The van der Waals surface area contributed by atoms with E-state index in [4.69, 9.17) is 0 Å². The number of aromatic nitrogens is 1. The summed E-state index contributed by atoms with van der Waals surface area (Å²) in [6.07, 6.45) is 7.46. The van der Waals surface area contributed by atoms with E-state index in [0.717, 1.165) is 40.4 Å². The number of likely N-dealkylation sites (tertiary alicyclic amines) is 1. The van der Waals surface area contributed by atoms with Gasteiger partial charge in [0.25, 0.3) is 0 Å². The number of carbonyl (C=O) groups excluding carboxylic acids is 2. The molecule has 0 unspecified atom stereocenters. The third kappa shape index (κ3) is 5.86. The highest BCUT2D eigenvalue weighted by molar-refractivity contribution is 5.93. The summed E-state index contributed by atoms with van der Waals surface area (Å²) in [5.41, 5.74) is 5.79. The summed E-state index contributed by atoms with van der Waals surface area (Å²) in [5.74, 6) is -0.564. The second kappa shape index (κ2) is 11.4. The number of carbonyl (C=O) groups is 2. The first kappa shape index (κ1) is 25.3. The number of benzene rings is 3. The summed E-state index contributed by atoms with van der Waals surface area (Å²) in [5, 5.41) is 8.64. The van der Waals surface area contributed by atoms with Crippen molar-refractivity contribution in [2.75, 3.05) is 18.4 Å². The maximum absolute atomic E-state index is 13.5. The van der Waals surface area contributed by atoms with Crippen LogP contribution in [0.4, 0.5) is 5.69 Å². The van der Waals surface area contributed by atoms with E-state index in [1.54, 1.807) is 12.4 Å². The van der Waals surface area contributed by atoms with E-state index in [1.807, 2.05) is 36.4 Å². The topological polar surface area (TPSA) is 74.3 Å². The van der Waals surface area contributed by atoms with Crippen molar-refractivity contribution in [3.63, 3.8) is 0 Å². The zero-order chi connectivity index (χ0) is 26.6. The van der Waals surface area contributed by atoms with Gasteiger partial charge < -0.3 is 10.6 Å². The van der Waals surface area contributed by atoms with Crippen LogP contribution in [0.15, 0.2) is 85.2 Å². The van der Waals surface area contributed by atoms with E-state index >= 15 is 0 Å². The van der Waals surface area contributed by atoms with E-state index in [9.17, 15) is 9.59 Å². The van der Waals surface area contributed by atoms with Gasteiger partial charge in [-0.25, -0.2) is 0 Å². The first-order valence-corrected chi connectivity index (χ1v) is 13.9. The van der Waals surface area contributed by atoms with Gasteiger partial charge in [-0.05, 0) is 83.0 Å². The highest BCUT2D eigenvalue weighted by Gasteiger charge is 2.35. The van der Waals surface area contributed by atoms with Crippen molar-refractivity contribution in [1.82, 2.24) is 15.2 Å². The van der Waals surface area contributed by atoms with Crippen LogP contribution in [-0.2, 0) is 35.5 Å². The quantitative estimate of drug-likeness (QED) is 0.356. The normalized spacial score (nSPS) is 19.0. The average molecular weight is 519 g/mol. The van der Waals surface area contributed by atoms with Crippen LogP contribution in [0.25, 0.3) is 10.8 Å². The van der Waals surface area contributed by atoms with Crippen LogP contribution >= 0.6 is 0 Å². The number of nitrogens with one attached hydrogen (secondary N) is 2. The predicted molar refractivity (Wildman–Crippen MR) is 154 cm³/mol. The summed E-state index contributed by atoms with van der Waals surface area (Å²) in [6.45, 7) is 2.38. The molecule has 6 nitrogen and oxygen atoms in total. The molecular weight excluding hydrogens is 484 g/mol. The van der Waals surface area contributed by atoms with Crippen LogP contribution in [0.1, 0.15) is 35.1 Å². The molecule has 6 rings (SSSR count). The fourth-order valence-corrected chi connectivity index (χ4v) is 6.11. The van der Waals surface area contributed by atoms with E-state index in [0.29, 0.717) is 32.6 Å². The molecule has 4 aromatic rings. The Labute approximate surface area is 229 Å². The number of fused-ring (bicyclic) bond motifs is 2. The summed E-state index contributed by atoms with van der Waals surface area (Å²) in [4.78, 5) is 33.3. The minimum Gasteiger partial charge on any atom is -0.352 e. The monoisotopic (exact) mass is 518 g/mol. The summed E-state index contributed by atoms with van der Waals surface area (Å²) >= 11 is 0. The summed E-state index contributed by atoms with van der Waals surface area (Å²) in [6, 6.07) is 24.6. The first-order valence-electron chi connectivity index (χ1n) is 13.9. The second-order valence-corrected chi connectivity index (χ2v) is 10.9. The molecule has 6 heteroatoms. The third-order valence-electron chi connectivity index (χ3n) is 8.12. The molecule has 198 valence electrons. The van der Waals surface area contributed by atoms with Crippen LogP contribution in [0.3, 0.4) is 0 Å². The van der Waals surface area contributed by atoms with Gasteiger partial charge >= 0.3 is 0 Å². The Kier molecular flexibility index (Phi) is 7.37. The zero-order valence-corrected chi connectivity index (χ0v) is 22.1. The molecule has 1 aliphatic carbocycles. The molecule has 39 heavy (non-hydrogen) atoms. The van der Waals surface area contributed by atoms with Gasteiger partial charge in [-0.15, -0.1) is 0 Å². The van der Waals surface area contributed by atoms with Crippen LogP contribution in [0.2, 0.25) is 0 Å². The molecular formula is C33H34N4O2. The summed E-state index contributed by atoms with van der Waals surface area (Å²) in [7, 11) is 0. The molecule has 2 N–H and O–H groups in total. The third-order valence-corrected chi connectivity index (χ3v) is 8.12. The maximum atomic E-state index is 13.5. The Balaban J connectivity index is 1.16.